The van der Waals surface area contributed by atoms with Crippen molar-refractivity contribution in [1.82, 2.24) is 0 Å². The summed E-state index contributed by atoms with van der Waals surface area (Å²) in [6, 6.07) is 0. The van der Waals surface area contributed by atoms with E-state index >= 15 is 0 Å². The minimum absolute atomic E-state index is 0.171. The van der Waals surface area contributed by atoms with Gasteiger partial charge in [-0.25, -0.2) is 0 Å². The predicted molar refractivity (Wildman–Crippen MR) is 102 cm³/mol. The first-order chi connectivity index (χ1) is 12.2. The minimum atomic E-state index is -0.952. The molecule has 3 nitrogen and oxygen atoms in total. The number of carboxylic acids is 1. The van der Waals surface area contributed by atoms with E-state index in [9.17, 15) is 9.90 Å². The second-order valence-corrected chi connectivity index (χ2v) is 6.13. The van der Waals surface area contributed by atoms with Crippen LogP contribution in [0, 0.1) is 0 Å². The molecule has 0 aliphatic carbocycles. The van der Waals surface area contributed by atoms with Crippen LogP contribution in [0.25, 0.3) is 0 Å². The molecule has 138 valence electrons. The molecule has 0 aromatic heterocycles. The number of allylic oxidation sites excluding steroid dienone is 8. The Bertz CT molecular complexity index is 497. The van der Waals surface area contributed by atoms with Gasteiger partial charge in [-0.15, -0.1) is 0 Å². The summed E-state index contributed by atoms with van der Waals surface area (Å²) < 4.78 is 5.59. The number of hydrogen-bond acceptors (Lipinski definition) is 3. The zero-order valence-electron chi connectivity index (χ0n) is 15.3. The first-order valence-electron chi connectivity index (χ1n) is 9.39. The number of ether oxygens (including phenoxy) is 1. The molecule has 2 atom stereocenters. The highest BCUT2D eigenvalue weighted by Gasteiger charge is 2.34. The number of unbranched alkanes of at least 4 members (excludes halogenated alkanes) is 3. The minimum Gasteiger partial charge on any atom is -0.550 e. The largest absolute Gasteiger partial charge is 0.550 e. The van der Waals surface area contributed by atoms with Crippen molar-refractivity contribution in [1.29, 1.82) is 0 Å². The second kappa shape index (κ2) is 14.5. The molecule has 1 aliphatic rings. The molecule has 1 fully saturated rings. The fourth-order valence-electron chi connectivity index (χ4n) is 2.37. The Hall–Kier alpha value is -1.87. The second-order valence-electron chi connectivity index (χ2n) is 6.13. The summed E-state index contributed by atoms with van der Waals surface area (Å²) in [6.45, 7) is 2.14. The molecule has 1 aliphatic heterocycles. The van der Waals surface area contributed by atoms with E-state index in [2.05, 4.69) is 43.4 Å². The number of carboxylic acid groups (broad SMARTS) is 1. The molecule has 0 aromatic rings. The first-order valence-corrected chi connectivity index (χ1v) is 9.39. The van der Waals surface area contributed by atoms with Crippen LogP contribution >= 0.6 is 0 Å². The van der Waals surface area contributed by atoms with Gasteiger partial charge >= 0.3 is 0 Å². The molecule has 2 unspecified atom stereocenters. The molecule has 1 saturated heterocycles. The van der Waals surface area contributed by atoms with Crippen molar-refractivity contribution in [2.45, 2.75) is 70.5 Å². The standard InChI is InChI=1S/C22H32O3/c1-2-3-4-5-11-14-17-20-21(25-20)18-15-12-9-7-6-8-10-13-16-19-22(23)24/h3-4,6-7,9,11-12,14-15,18,20-21H,2,5,8,10,13,16-17,19H2,1H3,(H,23,24)/p-1/b4-3-,7-6-,12-9+,14-11-,18-15+. The van der Waals surface area contributed by atoms with Crippen molar-refractivity contribution in [2.75, 3.05) is 0 Å². The Labute approximate surface area is 152 Å². The summed E-state index contributed by atoms with van der Waals surface area (Å²) in [5.41, 5.74) is 0. The molecule has 1 rings (SSSR count). The molecule has 25 heavy (non-hydrogen) atoms. The van der Waals surface area contributed by atoms with Gasteiger partial charge in [-0.1, -0.05) is 74.1 Å². The van der Waals surface area contributed by atoms with Gasteiger partial charge in [0.25, 0.3) is 0 Å². The highest BCUT2D eigenvalue weighted by molar-refractivity contribution is 5.64. The Morgan fingerprint density at radius 3 is 2.56 bits per heavy atom. The molecule has 0 amide bonds. The molecule has 1 heterocycles. The highest BCUT2D eigenvalue weighted by atomic mass is 16.6. The van der Waals surface area contributed by atoms with Crippen LogP contribution < -0.4 is 5.11 Å². The molecule has 0 N–H and O–H groups in total. The molecule has 0 saturated carbocycles. The zero-order chi connectivity index (χ0) is 18.2. The number of epoxide rings is 1. The molecule has 0 spiro atoms. The quantitative estimate of drug-likeness (QED) is 0.203. The maximum atomic E-state index is 10.3. The number of carbonyl (C=O) groups is 1. The van der Waals surface area contributed by atoms with Crippen LogP contribution in [0.1, 0.15) is 58.3 Å². The van der Waals surface area contributed by atoms with Crippen molar-refractivity contribution >= 4 is 5.97 Å². The van der Waals surface area contributed by atoms with Crippen LogP contribution in [0.15, 0.2) is 60.8 Å². The van der Waals surface area contributed by atoms with Gasteiger partial charge in [0.2, 0.25) is 0 Å². The Kier molecular flexibility index (Phi) is 12.3. The molecular formula is C22H31O3-. The third-order valence-corrected chi connectivity index (χ3v) is 3.85. The smallest absolute Gasteiger partial charge is 0.103 e. The summed E-state index contributed by atoms with van der Waals surface area (Å²) in [4.78, 5) is 10.3. The Morgan fingerprint density at radius 1 is 0.960 bits per heavy atom. The van der Waals surface area contributed by atoms with Crippen LogP contribution in [-0.4, -0.2) is 18.2 Å². The average Bonchev–Trinajstić information content (AvgIpc) is 3.34. The monoisotopic (exact) mass is 343 g/mol. The van der Waals surface area contributed by atoms with Crippen LogP contribution in [0.3, 0.4) is 0 Å². The Balaban J connectivity index is 1.99. The molecule has 3 heteroatoms. The van der Waals surface area contributed by atoms with E-state index in [0.29, 0.717) is 12.5 Å². The number of carbonyl (C=O) groups excluding carboxylic acids is 1. The van der Waals surface area contributed by atoms with Crippen LogP contribution in [-0.2, 0) is 9.53 Å². The van der Waals surface area contributed by atoms with Gasteiger partial charge in [-0.05, 0) is 44.9 Å². The third kappa shape index (κ3) is 13.1. The van der Waals surface area contributed by atoms with Gasteiger partial charge in [0, 0.05) is 5.97 Å². The van der Waals surface area contributed by atoms with Crippen molar-refractivity contribution in [3.05, 3.63) is 60.8 Å². The molecule has 0 aromatic carbocycles. The maximum Gasteiger partial charge on any atom is 0.103 e. The van der Waals surface area contributed by atoms with E-state index in [-0.39, 0.29) is 12.5 Å². The van der Waals surface area contributed by atoms with Gasteiger partial charge in [0.15, 0.2) is 0 Å². The lowest BCUT2D eigenvalue weighted by atomic mass is 10.1. The lowest BCUT2D eigenvalue weighted by molar-refractivity contribution is -0.305. The normalized spacial score (nSPS) is 20.8. The predicted octanol–water partition coefficient (Wildman–Crippen LogP) is 4.43. The van der Waals surface area contributed by atoms with Crippen LogP contribution in [0.4, 0.5) is 0 Å². The van der Waals surface area contributed by atoms with E-state index in [1.165, 1.54) is 0 Å². The summed E-state index contributed by atoms with van der Waals surface area (Å²) in [5, 5.41) is 10.3. The van der Waals surface area contributed by atoms with Gasteiger partial charge in [0.1, 0.15) is 6.10 Å². The summed E-state index contributed by atoms with van der Waals surface area (Å²) >= 11 is 0. The maximum absolute atomic E-state index is 10.3. The van der Waals surface area contributed by atoms with Gasteiger partial charge in [-0.3, -0.25) is 0 Å². The van der Waals surface area contributed by atoms with Gasteiger partial charge in [-0.2, -0.15) is 0 Å². The summed E-state index contributed by atoms with van der Waals surface area (Å²) in [5.74, 6) is -0.952. The van der Waals surface area contributed by atoms with Crippen LogP contribution in [0.5, 0.6) is 0 Å². The topological polar surface area (TPSA) is 52.7 Å². The summed E-state index contributed by atoms with van der Waals surface area (Å²) in [7, 11) is 0. The summed E-state index contributed by atoms with van der Waals surface area (Å²) in [6.07, 6.45) is 28.5. The van der Waals surface area contributed by atoms with E-state index in [0.717, 1.165) is 38.5 Å². The fraction of sp³-hybridized carbons (Fsp3) is 0.500. The highest BCUT2D eigenvalue weighted by Crippen LogP contribution is 2.26. The Morgan fingerprint density at radius 2 is 1.76 bits per heavy atom. The van der Waals surface area contributed by atoms with Crippen molar-refractivity contribution < 1.29 is 14.6 Å². The van der Waals surface area contributed by atoms with Crippen molar-refractivity contribution in [2.24, 2.45) is 0 Å². The lowest BCUT2D eigenvalue weighted by Gasteiger charge is -1.99. The van der Waals surface area contributed by atoms with E-state index < -0.39 is 5.97 Å². The van der Waals surface area contributed by atoms with E-state index in [4.69, 9.17) is 4.74 Å². The van der Waals surface area contributed by atoms with Crippen molar-refractivity contribution in [3.8, 4) is 0 Å². The van der Waals surface area contributed by atoms with Crippen molar-refractivity contribution in [3.63, 3.8) is 0 Å². The molecule has 0 radical (unpaired) electrons. The number of hydrogen-bond donors (Lipinski definition) is 0. The van der Waals surface area contributed by atoms with E-state index in [1.54, 1.807) is 0 Å². The SMILES string of the molecule is CC/C=C\C/C=C\CC1OC1/C=C/C=C/C=C\CCCCCC(=O)[O-]. The van der Waals surface area contributed by atoms with Gasteiger partial charge < -0.3 is 14.6 Å². The number of aliphatic carboxylic acids is 1. The number of rotatable bonds is 14. The van der Waals surface area contributed by atoms with E-state index in [1.807, 2.05) is 24.3 Å². The first kappa shape index (κ1) is 21.2. The van der Waals surface area contributed by atoms with Gasteiger partial charge in [0.05, 0.1) is 6.10 Å². The fourth-order valence-corrected chi connectivity index (χ4v) is 2.37. The third-order valence-electron chi connectivity index (χ3n) is 3.85. The molecule has 0 bridgehead atoms. The molecular weight excluding hydrogens is 312 g/mol. The van der Waals surface area contributed by atoms with Crippen LogP contribution in [0.2, 0.25) is 0 Å². The average molecular weight is 343 g/mol. The zero-order valence-corrected chi connectivity index (χ0v) is 15.3. The lowest BCUT2D eigenvalue weighted by Crippen LogP contribution is -2.21.